The molecule has 0 aliphatic rings. The molecule has 0 bridgehead atoms. The number of methoxy groups -OCH3 is 1. The Hall–Kier alpha value is -1.01. The van der Waals surface area contributed by atoms with Crippen molar-refractivity contribution in [2.75, 3.05) is 19.9 Å². The van der Waals surface area contributed by atoms with E-state index in [9.17, 15) is 5.11 Å². The van der Waals surface area contributed by atoms with Gasteiger partial charge in [-0.1, -0.05) is 12.1 Å². The maximum Gasteiger partial charge on any atom is 0.132 e. The standard InChI is InChI=1S/C17H23NO2S2/c1-12(13-7-8-15(21-4)14(10-13)20-3)18-11-17(2,19)16-6-5-9-22-16/h5-10,12,18-19H,11H2,1-4H3. The van der Waals surface area contributed by atoms with Gasteiger partial charge in [-0.2, -0.15) is 0 Å². The van der Waals surface area contributed by atoms with Gasteiger partial charge in [-0.15, -0.1) is 23.1 Å². The summed E-state index contributed by atoms with van der Waals surface area (Å²) in [5.41, 5.74) is 0.294. The third-order valence-corrected chi connectivity index (χ3v) is 5.61. The molecule has 0 amide bonds. The van der Waals surface area contributed by atoms with Crippen molar-refractivity contribution in [3.8, 4) is 5.75 Å². The van der Waals surface area contributed by atoms with Crippen molar-refractivity contribution in [2.24, 2.45) is 0 Å². The topological polar surface area (TPSA) is 41.5 Å². The van der Waals surface area contributed by atoms with Gasteiger partial charge in [0, 0.05) is 22.4 Å². The molecular formula is C17H23NO2S2. The zero-order valence-electron chi connectivity index (χ0n) is 13.4. The zero-order valence-corrected chi connectivity index (χ0v) is 15.1. The van der Waals surface area contributed by atoms with Gasteiger partial charge in [-0.3, -0.25) is 0 Å². The first-order valence-corrected chi connectivity index (χ1v) is 9.30. The minimum Gasteiger partial charge on any atom is -0.496 e. The van der Waals surface area contributed by atoms with Gasteiger partial charge in [-0.25, -0.2) is 0 Å². The van der Waals surface area contributed by atoms with E-state index in [1.165, 1.54) is 0 Å². The summed E-state index contributed by atoms with van der Waals surface area (Å²) < 4.78 is 5.44. The van der Waals surface area contributed by atoms with Gasteiger partial charge in [0.1, 0.15) is 11.4 Å². The van der Waals surface area contributed by atoms with Gasteiger partial charge < -0.3 is 15.2 Å². The summed E-state index contributed by atoms with van der Waals surface area (Å²) in [5.74, 6) is 0.892. The van der Waals surface area contributed by atoms with Crippen LogP contribution in [0.4, 0.5) is 0 Å². The quantitative estimate of drug-likeness (QED) is 0.748. The van der Waals surface area contributed by atoms with Gasteiger partial charge in [0.25, 0.3) is 0 Å². The predicted octanol–water partition coefficient (Wildman–Crippen LogP) is 4.04. The van der Waals surface area contributed by atoms with Crippen LogP contribution in [0.25, 0.3) is 0 Å². The summed E-state index contributed by atoms with van der Waals surface area (Å²) in [4.78, 5) is 2.10. The third kappa shape index (κ3) is 4.04. The minimum absolute atomic E-state index is 0.135. The molecule has 0 radical (unpaired) electrons. The zero-order chi connectivity index (χ0) is 16.2. The maximum atomic E-state index is 10.6. The minimum atomic E-state index is -0.855. The first-order valence-electron chi connectivity index (χ1n) is 7.19. The van der Waals surface area contributed by atoms with E-state index in [1.807, 2.05) is 30.7 Å². The molecular weight excluding hydrogens is 314 g/mol. The fourth-order valence-electron chi connectivity index (χ4n) is 2.26. The first kappa shape index (κ1) is 17.3. The van der Waals surface area contributed by atoms with Crippen LogP contribution in [0.3, 0.4) is 0 Å². The Morgan fingerprint density at radius 3 is 2.77 bits per heavy atom. The summed E-state index contributed by atoms with van der Waals surface area (Å²) in [7, 11) is 1.69. The van der Waals surface area contributed by atoms with Gasteiger partial charge >= 0.3 is 0 Å². The van der Waals surface area contributed by atoms with Crippen molar-refractivity contribution < 1.29 is 9.84 Å². The van der Waals surface area contributed by atoms with Crippen molar-refractivity contribution in [2.45, 2.75) is 30.4 Å². The lowest BCUT2D eigenvalue weighted by molar-refractivity contribution is 0.0581. The molecule has 1 aromatic carbocycles. The molecule has 0 spiro atoms. The summed E-state index contributed by atoms with van der Waals surface area (Å²) in [6.45, 7) is 4.44. The Morgan fingerprint density at radius 2 is 2.18 bits per heavy atom. The summed E-state index contributed by atoms with van der Waals surface area (Å²) in [6.07, 6.45) is 2.04. The Bertz CT molecular complexity index is 597. The number of benzene rings is 1. The van der Waals surface area contributed by atoms with Gasteiger partial charge in [0.05, 0.1) is 7.11 Å². The molecule has 5 heteroatoms. The number of aliphatic hydroxyl groups is 1. The third-order valence-electron chi connectivity index (χ3n) is 3.71. The van der Waals surface area contributed by atoms with Crippen LogP contribution in [0.5, 0.6) is 5.75 Å². The summed E-state index contributed by atoms with van der Waals surface area (Å²) in [6, 6.07) is 10.3. The van der Waals surface area contributed by atoms with E-state index < -0.39 is 5.60 Å². The lowest BCUT2D eigenvalue weighted by Crippen LogP contribution is -2.36. The first-order chi connectivity index (χ1) is 10.5. The van der Waals surface area contributed by atoms with E-state index in [-0.39, 0.29) is 6.04 Å². The second-order valence-electron chi connectivity index (χ2n) is 5.47. The molecule has 0 saturated heterocycles. The number of ether oxygens (including phenoxy) is 1. The van der Waals surface area contributed by atoms with Crippen LogP contribution < -0.4 is 10.1 Å². The average Bonchev–Trinajstić information content (AvgIpc) is 3.07. The molecule has 0 fully saturated rings. The number of hydrogen-bond acceptors (Lipinski definition) is 5. The second kappa shape index (κ2) is 7.51. The van der Waals surface area contributed by atoms with E-state index in [1.54, 1.807) is 30.2 Å². The number of thioether (sulfide) groups is 1. The number of hydrogen-bond donors (Lipinski definition) is 2. The van der Waals surface area contributed by atoms with Crippen LogP contribution >= 0.6 is 23.1 Å². The normalized spacial score (nSPS) is 15.3. The highest BCUT2D eigenvalue weighted by atomic mass is 32.2. The molecule has 120 valence electrons. The number of rotatable bonds is 7. The van der Waals surface area contributed by atoms with Crippen LogP contribution in [-0.4, -0.2) is 25.0 Å². The van der Waals surface area contributed by atoms with Crippen molar-refractivity contribution in [1.29, 1.82) is 0 Å². The Morgan fingerprint density at radius 1 is 1.41 bits per heavy atom. The van der Waals surface area contributed by atoms with Gasteiger partial charge in [-0.05, 0) is 49.2 Å². The number of thiophene rings is 1. The van der Waals surface area contributed by atoms with Crippen molar-refractivity contribution >= 4 is 23.1 Å². The molecule has 0 aliphatic heterocycles. The molecule has 2 atom stereocenters. The largest absolute Gasteiger partial charge is 0.496 e. The molecule has 2 rings (SSSR count). The van der Waals surface area contributed by atoms with Crippen LogP contribution in [-0.2, 0) is 5.60 Å². The van der Waals surface area contributed by atoms with Crippen LogP contribution in [0.15, 0.2) is 40.6 Å². The maximum absolute atomic E-state index is 10.6. The van der Waals surface area contributed by atoms with Crippen molar-refractivity contribution in [3.63, 3.8) is 0 Å². The molecule has 2 unspecified atom stereocenters. The highest BCUT2D eigenvalue weighted by molar-refractivity contribution is 7.98. The molecule has 1 aromatic heterocycles. The fourth-order valence-corrected chi connectivity index (χ4v) is 3.60. The monoisotopic (exact) mass is 337 g/mol. The Labute approximate surface area is 140 Å². The highest BCUT2D eigenvalue weighted by Gasteiger charge is 2.24. The molecule has 2 N–H and O–H groups in total. The molecule has 22 heavy (non-hydrogen) atoms. The molecule has 1 heterocycles. The molecule has 2 aromatic rings. The Balaban J connectivity index is 2.05. The smallest absolute Gasteiger partial charge is 0.132 e. The lowest BCUT2D eigenvalue weighted by Gasteiger charge is -2.25. The summed E-state index contributed by atoms with van der Waals surface area (Å²) >= 11 is 3.25. The average molecular weight is 338 g/mol. The molecule has 0 aliphatic carbocycles. The second-order valence-corrected chi connectivity index (χ2v) is 7.26. The fraction of sp³-hybridized carbons (Fsp3) is 0.412. The van der Waals surface area contributed by atoms with Gasteiger partial charge in [0.2, 0.25) is 0 Å². The molecule has 0 saturated carbocycles. The highest BCUT2D eigenvalue weighted by Crippen LogP contribution is 2.31. The Kier molecular flexibility index (Phi) is 5.92. The van der Waals surface area contributed by atoms with E-state index in [4.69, 9.17) is 4.74 Å². The van der Waals surface area contributed by atoms with E-state index in [0.29, 0.717) is 6.54 Å². The SMILES string of the molecule is COc1cc(C(C)NCC(C)(O)c2cccs2)ccc1SC. The predicted molar refractivity (Wildman–Crippen MR) is 95.1 cm³/mol. The van der Waals surface area contributed by atoms with Crippen LogP contribution in [0.2, 0.25) is 0 Å². The lowest BCUT2D eigenvalue weighted by atomic mass is 10.0. The molecule has 3 nitrogen and oxygen atoms in total. The van der Waals surface area contributed by atoms with Crippen LogP contribution in [0, 0.1) is 0 Å². The van der Waals surface area contributed by atoms with Crippen molar-refractivity contribution in [3.05, 3.63) is 46.2 Å². The van der Waals surface area contributed by atoms with Crippen LogP contribution in [0.1, 0.15) is 30.3 Å². The van der Waals surface area contributed by atoms with Crippen molar-refractivity contribution in [1.82, 2.24) is 5.32 Å². The van der Waals surface area contributed by atoms with Gasteiger partial charge in [0.15, 0.2) is 0 Å². The van der Waals surface area contributed by atoms with E-state index in [0.717, 1.165) is 21.1 Å². The number of nitrogens with one attached hydrogen (secondary N) is 1. The van der Waals surface area contributed by atoms with E-state index in [2.05, 4.69) is 30.4 Å². The summed E-state index contributed by atoms with van der Waals surface area (Å²) in [5, 5.41) is 16.0. The van der Waals surface area contributed by atoms with E-state index >= 15 is 0 Å².